The molecule has 1 amide bonds. The average Bonchev–Trinajstić information content (AvgIpc) is 2.59. The number of hydrogen-bond acceptors (Lipinski definition) is 4. The monoisotopic (exact) mass is 331 g/mol. The number of methoxy groups -OCH3 is 1. The zero-order valence-corrected chi connectivity index (χ0v) is 14.2. The molecule has 0 aliphatic carbocycles. The average molecular weight is 331 g/mol. The first-order chi connectivity index (χ1) is 11.2. The Bertz CT molecular complexity index is 631. The fraction of sp³-hybridized carbons (Fsp3) is 0.278. The van der Waals surface area contributed by atoms with Gasteiger partial charge >= 0.3 is 0 Å². The summed E-state index contributed by atoms with van der Waals surface area (Å²) in [6.45, 7) is 0.968. The van der Waals surface area contributed by atoms with Crippen LogP contribution in [-0.2, 0) is 17.9 Å². The highest BCUT2D eigenvalue weighted by Crippen LogP contribution is 2.28. The maximum atomic E-state index is 11.5. The summed E-state index contributed by atoms with van der Waals surface area (Å²) in [6.07, 6.45) is 1.90. The number of amides is 1. The van der Waals surface area contributed by atoms with Crippen LogP contribution in [0.2, 0.25) is 0 Å². The van der Waals surface area contributed by atoms with Crippen LogP contribution in [0.4, 0.5) is 0 Å². The van der Waals surface area contributed by atoms with E-state index in [2.05, 4.69) is 5.32 Å². The van der Waals surface area contributed by atoms with E-state index in [1.807, 2.05) is 54.8 Å². The van der Waals surface area contributed by atoms with Crippen LogP contribution in [-0.4, -0.2) is 25.0 Å². The van der Waals surface area contributed by atoms with Crippen molar-refractivity contribution in [1.29, 1.82) is 0 Å². The van der Waals surface area contributed by atoms with Gasteiger partial charge in [-0.15, -0.1) is 0 Å². The zero-order valence-electron chi connectivity index (χ0n) is 13.4. The molecule has 2 aromatic rings. The third-order valence-corrected chi connectivity index (χ3v) is 3.78. The molecule has 0 radical (unpaired) electrons. The molecule has 0 fully saturated rings. The van der Waals surface area contributed by atoms with Gasteiger partial charge in [0.25, 0.3) is 0 Å². The van der Waals surface area contributed by atoms with E-state index in [0.717, 1.165) is 11.1 Å². The lowest BCUT2D eigenvalue weighted by atomic mass is 10.2. The number of thioether (sulfide) groups is 1. The Morgan fingerprint density at radius 1 is 1.09 bits per heavy atom. The maximum Gasteiger partial charge on any atom is 0.230 e. The number of rotatable bonds is 8. The van der Waals surface area contributed by atoms with Gasteiger partial charge in [-0.25, -0.2) is 0 Å². The number of ether oxygens (including phenoxy) is 2. The summed E-state index contributed by atoms with van der Waals surface area (Å²) in [5.74, 6) is 1.85. The fourth-order valence-electron chi connectivity index (χ4n) is 2.06. The minimum Gasteiger partial charge on any atom is -0.493 e. The Balaban J connectivity index is 1.97. The normalized spacial score (nSPS) is 10.2. The Morgan fingerprint density at radius 3 is 2.57 bits per heavy atom. The fourth-order valence-corrected chi connectivity index (χ4v) is 2.42. The van der Waals surface area contributed by atoms with Crippen LogP contribution < -0.4 is 14.8 Å². The van der Waals surface area contributed by atoms with E-state index >= 15 is 0 Å². The van der Waals surface area contributed by atoms with Crippen molar-refractivity contribution < 1.29 is 14.3 Å². The molecule has 2 rings (SSSR count). The van der Waals surface area contributed by atoms with E-state index in [4.69, 9.17) is 9.47 Å². The molecule has 2 aromatic carbocycles. The lowest BCUT2D eigenvalue weighted by Gasteiger charge is -2.12. The molecule has 0 saturated carbocycles. The molecule has 5 heteroatoms. The second kappa shape index (κ2) is 9.10. The molecule has 122 valence electrons. The first-order valence-electron chi connectivity index (χ1n) is 7.32. The van der Waals surface area contributed by atoms with Crippen molar-refractivity contribution in [3.8, 4) is 11.5 Å². The number of hydrogen-bond donors (Lipinski definition) is 1. The Kier molecular flexibility index (Phi) is 6.81. The zero-order chi connectivity index (χ0) is 16.5. The third kappa shape index (κ3) is 5.53. The molecule has 0 bridgehead atoms. The highest BCUT2D eigenvalue weighted by molar-refractivity contribution is 7.99. The molecule has 0 spiro atoms. The predicted octanol–water partition coefficient (Wildman–Crippen LogP) is 3.25. The number of carbonyl (C=O) groups is 1. The summed E-state index contributed by atoms with van der Waals surface area (Å²) in [7, 11) is 1.61. The van der Waals surface area contributed by atoms with E-state index in [1.54, 1.807) is 7.11 Å². The van der Waals surface area contributed by atoms with E-state index in [9.17, 15) is 4.79 Å². The van der Waals surface area contributed by atoms with Gasteiger partial charge in [-0.1, -0.05) is 36.4 Å². The molecule has 0 heterocycles. The first-order valence-corrected chi connectivity index (χ1v) is 8.71. The van der Waals surface area contributed by atoms with Gasteiger partial charge in [0.05, 0.1) is 12.9 Å². The van der Waals surface area contributed by atoms with Crippen molar-refractivity contribution >= 4 is 17.7 Å². The standard InChI is InChI=1S/C18H21NO3S/c1-21-17-10-15(11-19-18(20)13-23-2)8-9-16(17)22-12-14-6-4-3-5-7-14/h3-10H,11-13H2,1-2H3,(H,19,20). The van der Waals surface area contributed by atoms with Gasteiger partial charge < -0.3 is 14.8 Å². The molecule has 0 aliphatic heterocycles. The molecule has 0 saturated heterocycles. The van der Waals surface area contributed by atoms with Crippen molar-refractivity contribution in [3.05, 3.63) is 59.7 Å². The molecule has 23 heavy (non-hydrogen) atoms. The van der Waals surface area contributed by atoms with Crippen LogP contribution in [0, 0.1) is 0 Å². The molecule has 0 unspecified atom stereocenters. The quantitative estimate of drug-likeness (QED) is 0.806. The van der Waals surface area contributed by atoms with E-state index in [1.165, 1.54) is 11.8 Å². The van der Waals surface area contributed by atoms with Crippen molar-refractivity contribution in [2.75, 3.05) is 19.1 Å². The number of carbonyl (C=O) groups excluding carboxylic acids is 1. The summed E-state index contributed by atoms with van der Waals surface area (Å²) >= 11 is 1.50. The summed E-state index contributed by atoms with van der Waals surface area (Å²) in [5.41, 5.74) is 2.08. The van der Waals surface area contributed by atoms with Crippen LogP contribution in [0.15, 0.2) is 48.5 Å². The van der Waals surface area contributed by atoms with Gasteiger partial charge in [-0.3, -0.25) is 4.79 Å². The minimum atomic E-state index is 0.0286. The maximum absolute atomic E-state index is 11.5. The third-order valence-electron chi connectivity index (χ3n) is 3.23. The molecule has 0 atom stereocenters. The van der Waals surface area contributed by atoms with Crippen LogP contribution in [0.3, 0.4) is 0 Å². The Hall–Kier alpha value is -2.14. The number of nitrogens with one attached hydrogen (secondary N) is 1. The topological polar surface area (TPSA) is 47.6 Å². The van der Waals surface area contributed by atoms with Crippen molar-refractivity contribution in [2.45, 2.75) is 13.2 Å². The van der Waals surface area contributed by atoms with Crippen LogP contribution in [0.5, 0.6) is 11.5 Å². The predicted molar refractivity (Wildman–Crippen MR) is 94.0 cm³/mol. The van der Waals surface area contributed by atoms with E-state index in [0.29, 0.717) is 30.4 Å². The summed E-state index contributed by atoms with van der Waals surface area (Å²) < 4.78 is 11.2. The van der Waals surface area contributed by atoms with Gasteiger partial charge in [0.1, 0.15) is 6.61 Å². The molecular formula is C18H21NO3S. The van der Waals surface area contributed by atoms with Gasteiger partial charge in [-0.2, -0.15) is 11.8 Å². The summed E-state index contributed by atoms with van der Waals surface area (Å²) in [6, 6.07) is 15.7. The lowest BCUT2D eigenvalue weighted by molar-refractivity contribution is -0.118. The van der Waals surface area contributed by atoms with Gasteiger partial charge in [-0.05, 0) is 29.5 Å². The summed E-state index contributed by atoms with van der Waals surface area (Å²) in [5, 5.41) is 2.87. The second-order valence-corrected chi connectivity index (χ2v) is 5.84. The largest absolute Gasteiger partial charge is 0.493 e. The number of benzene rings is 2. The van der Waals surface area contributed by atoms with Gasteiger partial charge in [0.15, 0.2) is 11.5 Å². The highest BCUT2D eigenvalue weighted by atomic mass is 32.2. The molecule has 0 aromatic heterocycles. The van der Waals surface area contributed by atoms with Gasteiger partial charge in [0.2, 0.25) is 5.91 Å². The molecule has 0 aliphatic rings. The second-order valence-electron chi connectivity index (χ2n) is 4.97. The van der Waals surface area contributed by atoms with Crippen LogP contribution in [0.25, 0.3) is 0 Å². The SMILES string of the molecule is COc1cc(CNC(=O)CSC)ccc1OCc1ccccc1. The highest BCUT2D eigenvalue weighted by Gasteiger charge is 2.07. The van der Waals surface area contributed by atoms with Crippen molar-refractivity contribution in [1.82, 2.24) is 5.32 Å². The Labute approximate surface area is 141 Å². The smallest absolute Gasteiger partial charge is 0.230 e. The Morgan fingerprint density at radius 2 is 1.87 bits per heavy atom. The lowest BCUT2D eigenvalue weighted by Crippen LogP contribution is -2.24. The molecular weight excluding hydrogens is 310 g/mol. The van der Waals surface area contributed by atoms with Crippen LogP contribution >= 0.6 is 11.8 Å². The first kappa shape index (κ1) is 17.2. The van der Waals surface area contributed by atoms with E-state index < -0.39 is 0 Å². The summed E-state index contributed by atoms with van der Waals surface area (Å²) in [4.78, 5) is 11.5. The van der Waals surface area contributed by atoms with Crippen molar-refractivity contribution in [3.63, 3.8) is 0 Å². The van der Waals surface area contributed by atoms with Crippen molar-refractivity contribution in [2.24, 2.45) is 0 Å². The molecule has 4 nitrogen and oxygen atoms in total. The molecule has 1 N–H and O–H groups in total. The minimum absolute atomic E-state index is 0.0286. The van der Waals surface area contributed by atoms with E-state index in [-0.39, 0.29) is 5.91 Å². The van der Waals surface area contributed by atoms with Gasteiger partial charge in [0, 0.05) is 6.54 Å². The van der Waals surface area contributed by atoms with Crippen LogP contribution in [0.1, 0.15) is 11.1 Å².